The summed E-state index contributed by atoms with van der Waals surface area (Å²) < 4.78 is 21.9. The summed E-state index contributed by atoms with van der Waals surface area (Å²) in [6.07, 6.45) is 0.0931. The molecule has 6 nitrogen and oxygen atoms in total. The van der Waals surface area contributed by atoms with E-state index in [1.807, 2.05) is 20.8 Å². The van der Waals surface area contributed by atoms with Gasteiger partial charge in [0.25, 0.3) is 5.91 Å². The van der Waals surface area contributed by atoms with Crippen molar-refractivity contribution in [1.29, 1.82) is 0 Å². The van der Waals surface area contributed by atoms with Crippen LogP contribution >= 0.6 is 0 Å². The summed E-state index contributed by atoms with van der Waals surface area (Å²) in [5.74, 6) is 1.82. The molecule has 1 heterocycles. The third kappa shape index (κ3) is 4.26. The fourth-order valence-corrected chi connectivity index (χ4v) is 2.56. The molecule has 0 radical (unpaired) electrons. The Balaban J connectivity index is 1.76. The predicted molar refractivity (Wildman–Crippen MR) is 98.1 cm³/mol. The number of benzene rings is 2. The standard InChI is InChI=1S/C20H23NO5/c1-4-23-17-7-5-14(9-15(17)11-24-13(2)3)20(22)21-16-6-8-18-19(10-16)26-12-25-18/h5-10,13H,4,11-12H2,1-3H3,(H,21,22). The van der Waals surface area contributed by atoms with E-state index in [4.69, 9.17) is 18.9 Å². The van der Waals surface area contributed by atoms with Crippen LogP contribution in [0.5, 0.6) is 17.2 Å². The van der Waals surface area contributed by atoms with Gasteiger partial charge in [0.2, 0.25) is 6.79 Å². The molecule has 1 aliphatic rings. The Labute approximate surface area is 153 Å². The van der Waals surface area contributed by atoms with Crippen molar-refractivity contribution in [1.82, 2.24) is 0 Å². The van der Waals surface area contributed by atoms with Gasteiger partial charge < -0.3 is 24.3 Å². The summed E-state index contributed by atoms with van der Waals surface area (Å²) in [7, 11) is 0. The SMILES string of the molecule is CCOc1ccc(C(=O)Nc2ccc3c(c2)OCO3)cc1COC(C)C. The van der Waals surface area contributed by atoms with E-state index in [1.54, 1.807) is 36.4 Å². The molecule has 138 valence electrons. The molecule has 0 bridgehead atoms. The lowest BCUT2D eigenvalue weighted by atomic mass is 10.1. The molecule has 1 aliphatic heterocycles. The molecule has 1 amide bonds. The molecule has 0 spiro atoms. The molecule has 0 saturated heterocycles. The summed E-state index contributed by atoms with van der Waals surface area (Å²) >= 11 is 0. The summed E-state index contributed by atoms with van der Waals surface area (Å²) in [4.78, 5) is 12.6. The van der Waals surface area contributed by atoms with Gasteiger partial charge in [0, 0.05) is 22.9 Å². The van der Waals surface area contributed by atoms with Gasteiger partial charge in [0.15, 0.2) is 11.5 Å². The Kier molecular flexibility index (Phi) is 5.63. The topological polar surface area (TPSA) is 66.0 Å². The first kappa shape index (κ1) is 18.1. The third-order valence-corrected chi connectivity index (χ3v) is 3.83. The third-order valence-electron chi connectivity index (χ3n) is 3.83. The molecule has 0 aromatic heterocycles. The highest BCUT2D eigenvalue weighted by Gasteiger charge is 2.16. The summed E-state index contributed by atoms with van der Waals surface area (Å²) in [5, 5.41) is 2.88. The highest BCUT2D eigenvalue weighted by Crippen LogP contribution is 2.34. The Hall–Kier alpha value is -2.73. The first-order chi connectivity index (χ1) is 12.6. The number of carbonyl (C=O) groups excluding carboxylic acids is 1. The second-order valence-electron chi connectivity index (χ2n) is 6.14. The van der Waals surface area contributed by atoms with Crippen LogP contribution in [-0.2, 0) is 11.3 Å². The molecule has 2 aromatic rings. The maximum Gasteiger partial charge on any atom is 0.255 e. The lowest BCUT2D eigenvalue weighted by molar-refractivity contribution is 0.0641. The number of hydrogen-bond donors (Lipinski definition) is 1. The number of rotatable bonds is 7. The minimum Gasteiger partial charge on any atom is -0.494 e. The monoisotopic (exact) mass is 357 g/mol. The van der Waals surface area contributed by atoms with Gasteiger partial charge in [-0.15, -0.1) is 0 Å². The van der Waals surface area contributed by atoms with E-state index in [-0.39, 0.29) is 18.8 Å². The molecular weight excluding hydrogens is 334 g/mol. The second kappa shape index (κ2) is 8.10. The van der Waals surface area contributed by atoms with Crippen molar-refractivity contribution in [3.63, 3.8) is 0 Å². The van der Waals surface area contributed by atoms with Crippen LogP contribution < -0.4 is 19.5 Å². The van der Waals surface area contributed by atoms with Crippen LogP contribution in [0.1, 0.15) is 36.7 Å². The summed E-state index contributed by atoms with van der Waals surface area (Å²) in [6, 6.07) is 10.7. The molecule has 6 heteroatoms. The Morgan fingerprint density at radius 2 is 1.96 bits per heavy atom. The summed E-state index contributed by atoms with van der Waals surface area (Å²) in [6.45, 7) is 7.00. The zero-order chi connectivity index (χ0) is 18.5. The van der Waals surface area contributed by atoms with Crippen LogP contribution in [0, 0.1) is 0 Å². The fraction of sp³-hybridized carbons (Fsp3) is 0.350. The molecule has 1 N–H and O–H groups in total. The highest BCUT2D eigenvalue weighted by molar-refractivity contribution is 6.04. The van der Waals surface area contributed by atoms with E-state index in [9.17, 15) is 4.79 Å². The average Bonchev–Trinajstić information content (AvgIpc) is 3.08. The van der Waals surface area contributed by atoms with E-state index < -0.39 is 0 Å². The van der Waals surface area contributed by atoms with Crippen LogP contribution in [0.3, 0.4) is 0 Å². The minimum atomic E-state index is -0.210. The maximum atomic E-state index is 12.6. The van der Waals surface area contributed by atoms with Gasteiger partial charge in [-0.05, 0) is 51.1 Å². The fourth-order valence-electron chi connectivity index (χ4n) is 2.56. The van der Waals surface area contributed by atoms with Crippen LogP contribution in [-0.4, -0.2) is 25.4 Å². The quantitative estimate of drug-likeness (QED) is 0.812. The van der Waals surface area contributed by atoms with Gasteiger partial charge in [-0.2, -0.15) is 0 Å². The molecule has 0 fully saturated rings. The number of fused-ring (bicyclic) bond motifs is 1. The molecule has 0 atom stereocenters. The minimum absolute atomic E-state index is 0.0931. The number of hydrogen-bond acceptors (Lipinski definition) is 5. The number of carbonyl (C=O) groups is 1. The number of anilines is 1. The van der Waals surface area contributed by atoms with Crippen LogP contribution in [0.25, 0.3) is 0 Å². The van der Waals surface area contributed by atoms with Gasteiger partial charge in [-0.3, -0.25) is 4.79 Å². The first-order valence-corrected chi connectivity index (χ1v) is 8.65. The van der Waals surface area contributed by atoms with Crippen molar-refractivity contribution in [2.75, 3.05) is 18.7 Å². The van der Waals surface area contributed by atoms with E-state index in [0.29, 0.717) is 36.0 Å². The van der Waals surface area contributed by atoms with Gasteiger partial charge in [0.1, 0.15) is 5.75 Å². The van der Waals surface area contributed by atoms with Gasteiger partial charge in [-0.1, -0.05) is 0 Å². The van der Waals surface area contributed by atoms with E-state index in [1.165, 1.54) is 0 Å². The predicted octanol–water partition coefficient (Wildman–Crippen LogP) is 3.99. The maximum absolute atomic E-state index is 12.6. The lowest BCUT2D eigenvalue weighted by Gasteiger charge is -2.14. The largest absolute Gasteiger partial charge is 0.494 e. The van der Waals surface area contributed by atoms with Crippen molar-refractivity contribution in [2.45, 2.75) is 33.5 Å². The Morgan fingerprint density at radius 3 is 2.73 bits per heavy atom. The molecule has 26 heavy (non-hydrogen) atoms. The zero-order valence-corrected chi connectivity index (χ0v) is 15.2. The summed E-state index contributed by atoms with van der Waals surface area (Å²) in [5.41, 5.74) is 2.03. The highest BCUT2D eigenvalue weighted by atomic mass is 16.7. The smallest absolute Gasteiger partial charge is 0.255 e. The van der Waals surface area contributed by atoms with E-state index in [2.05, 4.69) is 5.32 Å². The van der Waals surface area contributed by atoms with Crippen LogP contribution in [0.4, 0.5) is 5.69 Å². The molecular formula is C20H23NO5. The number of ether oxygens (including phenoxy) is 4. The molecule has 0 saturated carbocycles. The molecule has 0 aliphatic carbocycles. The number of nitrogens with one attached hydrogen (secondary N) is 1. The van der Waals surface area contributed by atoms with Gasteiger partial charge in [0.05, 0.1) is 19.3 Å². The van der Waals surface area contributed by atoms with Crippen LogP contribution in [0.15, 0.2) is 36.4 Å². The van der Waals surface area contributed by atoms with Gasteiger partial charge in [-0.25, -0.2) is 0 Å². The number of amides is 1. The molecule has 2 aromatic carbocycles. The average molecular weight is 357 g/mol. The second-order valence-corrected chi connectivity index (χ2v) is 6.14. The molecule has 0 unspecified atom stereocenters. The van der Waals surface area contributed by atoms with Crippen molar-refractivity contribution < 1.29 is 23.7 Å². The normalized spacial score (nSPS) is 12.3. The van der Waals surface area contributed by atoms with Crippen molar-refractivity contribution in [2.24, 2.45) is 0 Å². The van der Waals surface area contributed by atoms with E-state index >= 15 is 0 Å². The lowest BCUT2D eigenvalue weighted by Crippen LogP contribution is -2.13. The van der Waals surface area contributed by atoms with E-state index in [0.717, 1.165) is 11.3 Å². The zero-order valence-electron chi connectivity index (χ0n) is 15.2. The van der Waals surface area contributed by atoms with Crippen LogP contribution in [0.2, 0.25) is 0 Å². The first-order valence-electron chi connectivity index (χ1n) is 8.65. The Bertz CT molecular complexity index is 788. The van der Waals surface area contributed by atoms with Gasteiger partial charge >= 0.3 is 0 Å². The van der Waals surface area contributed by atoms with Crippen molar-refractivity contribution >= 4 is 11.6 Å². The van der Waals surface area contributed by atoms with Crippen molar-refractivity contribution in [3.05, 3.63) is 47.5 Å². The molecule has 3 rings (SSSR count). The van der Waals surface area contributed by atoms with Crippen molar-refractivity contribution in [3.8, 4) is 17.2 Å². The Morgan fingerprint density at radius 1 is 1.15 bits per heavy atom.